The Kier molecular flexibility index (Phi) is 5.80. The van der Waals surface area contributed by atoms with E-state index in [1.807, 2.05) is 24.3 Å². The SMILES string of the molecule is CN1CCN(CCCNC(=O)C2(c3cccc(Cl)c3)CCC2)CC1. The molecule has 1 saturated carbocycles. The van der Waals surface area contributed by atoms with E-state index in [1.165, 1.54) is 0 Å². The predicted molar refractivity (Wildman–Crippen MR) is 98.5 cm³/mol. The van der Waals surface area contributed by atoms with Gasteiger partial charge in [-0.25, -0.2) is 0 Å². The number of hydrogen-bond donors (Lipinski definition) is 1. The summed E-state index contributed by atoms with van der Waals surface area (Å²) < 4.78 is 0. The van der Waals surface area contributed by atoms with Crippen LogP contribution in [-0.2, 0) is 10.2 Å². The quantitative estimate of drug-likeness (QED) is 0.802. The molecular weight excluding hydrogens is 322 g/mol. The van der Waals surface area contributed by atoms with Crippen molar-refractivity contribution in [2.24, 2.45) is 0 Å². The Hall–Kier alpha value is -1.10. The van der Waals surface area contributed by atoms with Gasteiger partial charge in [0.05, 0.1) is 5.41 Å². The molecule has 2 fully saturated rings. The van der Waals surface area contributed by atoms with Gasteiger partial charge in [-0.05, 0) is 50.6 Å². The van der Waals surface area contributed by atoms with Gasteiger partial charge in [0.2, 0.25) is 5.91 Å². The van der Waals surface area contributed by atoms with Crippen molar-refractivity contribution >= 4 is 17.5 Å². The Morgan fingerprint density at radius 2 is 2.00 bits per heavy atom. The molecule has 1 amide bonds. The molecule has 1 aliphatic heterocycles. The maximum atomic E-state index is 12.8. The van der Waals surface area contributed by atoms with Crippen molar-refractivity contribution in [1.29, 1.82) is 0 Å². The first-order valence-electron chi connectivity index (χ1n) is 9.05. The number of hydrogen-bond acceptors (Lipinski definition) is 3. The van der Waals surface area contributed by atoms with Gasteiger partial charge in [-0.15, -0.1) is 0 Å². The second-order valence-electron chi connectivity index (χ2n) is 7.20. The molecule has 1 N–H and O–H groups in total. The minimum atomic E-state index is -0.348. The van der Waals surface area contributed by atoms with Gasteiger partial charge in [-0.3, -0.25) is 4.79 Å². The zero-order valence-corrected chi connectivity index (χ0v) is 15.3. The van der Waals surface area contributed by atoms with E-state index in [0.717, 1.165) is 70.5 Å². The first kappa shape index (κ1) is 17.7. The van der Waals surface area contributed by atoms with Gasteiger partial charge >= 0.3 is 0 Å². The number of nitrogens with zero attached hydrogens (tertiary/aromatic N) is 2. The van der Waals surface area contributed by atoms with Crippen LogP contribution < -0.4 is 5.32 Å². The van der Waals surface area contributed by atoms with Crippen molar-refractivity contribution in [2.45, 2.75) is 31.1 Å². The first-order chi connectivity index (χ1) is 11.6. The Bertz CT molecular complexity index is 565. The summed E-state index contributed by atoms with van der Waals surface area (Å²) >= 11 is 6.12. The van der Waals surface area contributed by atoms with E-state index >= 15 is 0 Å². The highest BCUT2D eigenvalue weighted by Crippen LogP contribution is 2.44. The fourth-order valence-corrected chi connectivity index (χ4v) is 3.90. The Balaban J connectivity index is 1.47. The molecule has 0 radical (unpaired) electrons. The van der Waals surface area contributed by atoms with Crippen LogP contribution in [0.25, 0.3) is 0 Å². The number of benzene rings is 1. The van der Waals surface area contributed by atoms with E-state index in [4.69, 9.17) is 11.6 Å². The van der Waals surface area contributed by atoms with Gasteiger partial charge in [-0.1, -0.05) is 30.2 Å². The molecule has 132 valence electrons. The van der Waals surface area contributed by atoms with Crippen LogP contribution in [0.4, 0.5) is 0 Å². The lowest BCUT2D eigenvalue weighted by atomic mass is 9.64. The minimum absolute atomic E-state index is 0.175. The summed E-state index contributed by atoms with van der Waals surface area (Å²) in [5.41, 5.74) is 0.719. The summed E-state index contributed by atoms with van der Waals surface area (Å²) in [6.07, 6.45) is 3.98. The predicted octanol–water partition coefficient (Wildman–Crippen LogP) is 2.52. The normalized spacial score (nSPS) is 21.2. The van der Waals surface area contributed by atoms with E-state index in [1.54, 1.807) is 0 Å². The molecule has 1 saturated heterocycles. The van der Waals surface area contributed by atoms with Crippen molar-refractivity contribution in [3.05, 3.63) is 34.9 Å². The average molecular weight is 350 g/mol. The third-order valence-electron chi connectivity index (χ3n) is 5.55. The molecule has 24 heavy (non-hydrogen) atoms. The second kappa shape index (κ2) is 7.85. The Morgan fingerprint density at radius 3 is 2.62 bits per heavy atom. The van der Waals surface area contributed by atoms with E-state index in [2.05, 4.69) is 22.2 Å². The van der Waals surface area contributed by atoms with E-state index in [9.17, 15) is 4.79 Å². The lowest BCUT2D eigenvalue weighted by molar-refractivity contribution is -0.129. The third kappa shape index (κ3) is 3.93. The maximum Gasteiger partial charge on any atom is 0.230 e. The fourth-order valence-electron chi connectivity index (χ4n) is 3.71. The Morgan fingerprint density at radius 1 is 1.25 bits per heavy atom. The van der Waals surface area contributed by atoms with Crippen molar-refractivity contribution in [1.82, 2.24) is 15.1 Å². The molecule has 0 atom stereocenters. The van der Waals surface area contributed by atoms with Crippen molar-refractivity contribution < 1.29 is 4.79 Å². The number of rotatable bonds is 6. The summed E-state index contributed by atoms with van der Waals surface area (Å²) in [4.78, 5) is 17.6. The lowest BCUT2D eigenvalue weighted by Gasteiger charge is -2.41. The number of piperazine rings is 1. The average Bonchev–Trinajstić information content (AvgIpc) is 2.52. The fraction of sp³-hybridized carbons (Fsp3) is 0.632. The molecule has 2 aliphatic rings. The largest absolute Gasteiger partial charge is 0.355 e. The van der Waals surface area contributed by atoms with Gasteiger partial charge in [0, 0.05) is 37.7 Å². The number of amides is 1. The minimum Gasteiger partial charge on any atom is -0.355 e. The number of carbonyl (C=O) groups excluding carboxylic acids is 1. The molecule has 4 nitrogen and oxygen atoms in total. The maximum absolute atomic E-state index is 12.8. The molecule has 1 heterocycles. The van der Waals surface area contributed by atoms with E-state index in [0.29, 0.717) is 5.02 Å². The van der Waals surface area contributed by atoms with Crippen LogP contribution in [0.5, 0.6) is 0 Å². The molecule has 5 heteroatoms. The summed E-state index contributed by atoms with van der Waals surface area (Å²) in [7, 11) is 2.17. The van der Waals surface area contributed by atoms with Crippen LogP contribution in [0.3, 0.4) is 0 Å². The van der Waals surface area contributed by atoms with Crippen molar-refractivity contribution in [3.63, 3.8) is 0 Å². The van der Waals surface area contributed by atoms with Gasteiger partial charge in [0.25, 0.3) is 0 Å². The summed E-state index contributed by atoms with van der Waals surface area (Å²) in [5.74, 6) is 0.175. The monoisotopic (exact) mass is 349 g/mol. The van der Waals surface area contributed by atoms with Crippen LogP contribution in [0, 0.1) is 0 Å². The van der Waals surface area contributed by atoms with Crippen LogP contribution in [0.1, 0.15) is 31.2 Å². The molecule has 1 aromatic rings. The van der Waals surface area contributed by atoms with Gasteiger partial charge in [0.1, 0.15) is 0 Å². The molecule has 0 spiro atoms. The third-order valence-corrected chi connectivity index (χ3v) is 5.79. The molecular formula is C19H28ClN3O. The Labute approximate surface area is 150 Å². The van der Waals surface area contributed by atoms with Crippen LogP contribution >= 0.6 is 11.6 Å². The van der Waals surface area contributed by atoms with Gasteiger partial charge in [-0.2, -0.15) is 0 Å². The van der Waals surface area contributed by atoms with Gasteiger partial charge < -0.3 is 15.1 Å². The number of halogens is 1. The molecule has 1 aliphatic carbocycles. The van der Waals surface area contributed by atoms with Crippen LogP contribution in [0.2, 0.25) is 5.02 Å². The number of nitrogens with one attached hydrogen (secondary N) is 1. The highest BCUT2D eigenvalue weighted by Gasteiger charge is 2.45. The van der Waals surface area contributed by atoms with Crippen molar-refractivity contribution in [2.75, 3.05) is 46.3 Å². The van der Waals surface area contributed by atoms with Crippen LogP contribution in [-0.4, -0.2) is 62.0 Å². The zero-order chi connectivity index (χ0) is 17.0. The van der Waals surface area contributed by atoms with E-state index in [-0.39, 0.29) is 11.3 Å². The van der Waals surface area contributed by atoms with Crippen molar-refractivity contribution in [3.8, 4) is 0 Å². The summed E-state index contributed by atoms with van der Waals surface area (Å²) in [5, 5.41) is 3.88. The molecule has 3 rings (SSSR count). The number of likely N-dealkylation sites (N-methyl/N-ethyl adjacent to an activating group) is 1. The smallest absolute Gasteiger partial charge is 0.230 e. The summed E-state index contributed by atoms with van der Waals surface area (Å²) in [6.45, 7) is 6.38. The highest BCUT2D eigenvalue weighted by atomic mass is 35.5. The molecule has 0 bridgehead atoms. The zero-order valence-electron chi connectivity index (χ0n) is 14.6. The first-order valence-corrected chi connectivity index (χ1v) is 9.43. The lowest BCUT2D eigenvalue weighted by Crippen LogP contribution is -2.50. The molecule has 0 unspecified atom stereocenters. The second-order valence-corrected chi connectivity index (χ2v) is 7.64. The molecule has 0 aromatic heterocycles. The summed E-state index contributed by atoms with van der Waals surface area (Å²) in [6, 6.07) is 7.79. The van der Waals surface area contributed by atoms with Gasteiger partial charge in [0.15, 0.2) is 0 Å². The standard InChI is InChI=1S/C19H28ClN3O/c1-22-11-13-23(14-12-22)10-4-9-21-18(24)19(7-3-8-19)16-5-2-6-17(20)15-16/h2,5-6,15H,3-4,7-14H2,1H3,(H,21,24). The number of carbonyl (C=O) groups is 1. The van der Waals surface area contributed by atoms with E-state index < -0.39 is 0 Å². The topological polar surface area (TPSA) is 35.6 Å². The van der Waals surface area contributed by atoms with Crippen LogP contribution in [0.15, 0.2) is 24.3 Å². The molecule has 1 aromatic carbocycles. The highest BCUT2D eigenvalue weighted by molar-refractivity contribution is 6.30.